The molecule has 0 spiro atoms. The molecule has 0 aromatic heterocycles. The van der Waals surface area contributed by atoms with Gasteiger partial charge in [0.2, 0.25) is 5.91 Å². The van der Waals surface area contributed by atoms with E-state index in [0.29, 0.717) is 19.7 Å². The van der Waals surface area contributed by atoms with Crippen molar-refractivity contribution in [1.82, 2.24) is 4.90 Å². The van der Waals surface area contributed by atoms with Crippen molar-refractivity contribution in [2.45, 2.75) is 12.5 Å². The van der Waals surface area contributed by atoms with Crippen molar-refractivity contribution < 1.29 is 14.3 Å². The average Bonchev–Trinajstić information content (AvgIpc) is 3.15. The highest BCUT2D eigenvalue weighted by atomic mass is 16.5. The molecule has 0 bridgehead atoms. The highest BCUT2D eigenvalue weighted by molar-refractivity contribution is 5.92. The molecule has 1 unspecified atom stereocenters. The van der Waals surface area contributed by atoms with Gasteiger partial charge < -0.3 is 14.4 Å². The van der Waals surface area contributed by atoms with E-state index in [-0.39, 0.29) is 12.0 Å². The van der Waals surface area contributed by atoms with E-state index in [2.05, 4.69) is 6.07 Å². The second kappa shape index (κ2) is 7.11. The Bertz CT molecular complexity index is 785. The molecule has 0 saturated carbocycles. The normalized spacial score (nSPS) is 19.7. The van der Waals surface area contributed by atoms with Crippen LogP contribution in [-0.4, -0.2) is 37.1 Å². The van der Waals surface area contributed by atoms with Crippen molar-refractivity contribution in [2.24, 2.45) is 0 Å². The second-order valence-electron chi connectivity index (χ2n) is 6.35. The fourth-order valence-electron chi connectivity index (χ4n) is 3.30. The lowest BCUT2D eigenvalue weighted by atomic mass is 10.1. The van der Waals surface area contributed by atoms with Crippen LogP contribution in [-0.2, 0) is 16.0 Å². The van der Waals surface area contributed by atoms with Crippen molar-refractivity contribution in [3.63, 3.8) is 0 Å². The molecule has 1 atom stereocenters. The van der Waals surface area contributed by atoms with Crippen LogP contribution in [0, 0.1) is 0 Å². The van der Waals surface area contributed by atoms with E-state index in [1.807, 2.05) is 53.4 Å². The summed E-state index contributed by atoms with van der Waals surface area (Å²) in [7, 11) is 0. The van der Waals surface area contributed by atoms with E-state index in [1.165, 1.54) is 5.56 Å². The molecule has 1 amide bonds. The number of nitrogens with zero attached hydrogens (tertiary/aromatic N) is 1. The number of fused-ring (bicyclic) bond motifs is 1. The number of hydrogen-bond donors (Lipinski definition) is 0. The summed E-state index contributed by atoms with van der Waals surface area (Å²) >= 11 is 0. The summed E-state index contributed by atoms with van der Waals surface area (Å²) in [6.07, 6.45) is 4.43. The fourth-order valence-corrected chi connectivity index (χ4v) is 3.30. The van der Waals surface area contributed by atoms with Gasteiger partial charge in [-0.2, -0.15) is 0 Å². The minimum absolute atomic E-state index is 0.0287. The molecule has 4 nitrogen and oxygen atoms in total. The van der Waals surface area contributed by atoms with E-state index in [4.69, 9.17) is 9.47 Å². The number of carbonyl (C=O) groups is 1. The standard InChI is InChI=1S/C21H21NO3/c23-21(9-7-16-6-8-19-18(14-16)10-12-24-19)22-11-13-25-20(15-22)17-4-2-1-3-5-17/h1-9,14,20H,10-13,15H2/b9-7+. The smallest absolute Gasteiger partial charge is 0.246 e. The number of ether oxygens (including phenoxy) is 2. The summed E-state index contributed by atoms with van der Waals surface area (Å²) in [6.45, 7) is 2.53. The van der Waals surface area contributed by atoms with Crippen LogP contribution >= 0.6 is 0 Å². The van der Waals surface area contributed by atoms with Crippen LogP contribution in [0.1, 0.15) is 22.8 Å². The lowest BCUT2D eigenvalue weighted by Gasteiger charge is -2.32. The van der Waals surface area contributed by atoms with Gasteiger partial charge in [0.05, 0.1) is 19.8 Å². The Morgan fingerprint density at radius 2 is 2.00 bits per heavy atom. The van der Waals surface area contributed by atoms with Crippen LogP contribution in [0.25, 0.3) is 6.08 Å². The Labute approximate surface area is 147 Å². The number of hydrogen-bond acceptors (Lipinski definition) is 3. The first-order valence-corrected chi connectivity index (χ1v) is 8.69. The molecule has 2 heterocycles. The third-order valence-electron chi connectivity index (χ3n) is 4.68. The van der Waals surface area contributed by atoms with Gasteiger partial charge in [-0.05, 0) is 34.9 Å². The lowest BCUT2D eigenvalue weighted by molar-refractivity contribution is -0.133. The zero-order valence-corrected chi connectivity index (χ0v) is 14.1. The molecule has 2 aromatic carbocycles. The highest BCUT2D eigenvalue weighted by Gasteiger charge is 2.24. The molecule has 0 radical (unpaired) electrons. The molecular weight excluding hydrogens is 314 g/mol. The first kappa shape index (κ1) is 15.9. The molecule has 2 aliphatic heterocycles. The van der Waals surface area contributed by atoms with Crippen LogP contribution in [0.15, 0.2) is 54.6 Å². The topological polar surface area (TPSA) is 38.8 Å². The molecule has 4 heteroatoms. The highest BCUT2D eigenvalue weighted by Crippen LogP contribution is 2.26. The van der Waals surface area contributed by atoms with Gasteiger partial charge in [0.15, 0.2) is 0 Å². The summed E-state index contributed by atoms with van der Waals surface area (Å²) in [6, 6.07) is 16.1. The van der Waals surface area contributed by atoms with Crippen molar-refractivity contribution in [3.8, 4) is 5.75 Å². The molecule has 0 aliphatic carbocycles. The van der Waals surface area contributed by atoms with E-state index in [1.54, 1.807) is 6.08 Å². The average molecular weight is 335 g/mol. The molecule has 25 heavy (non-hydrogen) atoms. The van der Waals surface area contributed by atoms with Crippen molar-refractivity contribution in [2.75, 3.05) is 26.3 Å². The van der Waals surface area contributed by atoms with Crippen molar-refractivity contribution >= 4 is 12.0 Å². The molecular formula is C21H21NO3. The van der Waals surface area contributed by atoms with Crippen LogP contribution < -0.4 is 4.74 Å². The van der Waals surface area contributed by atoms with Crippen molar-refractivity contribution in [1.29, 1.82) is 0 Å². The quantitative estimate of drug-likeness (QED) is 0.809. The maximum Gasteiger partial charge on any atom is 0.246 e. The van der Waals surface area contributed by atoms with Crippen molar-refractivity contribution in [3.05, 3.63) is 71.3 Å². The molecule has 2 aliphatic rings. The maximum absolute atomic E-state index is 12.5. The summed E-state index contributed by atoms with van der Waals surface area (Å²) in [4.78, 5) is 14.4. The predicted octanol–water partition coefficient (Wildman–Crippen LogP) is 3.23. The van der Waals surface area contributed by atoms with Gasteiger partial charge >= 0.3 is 0 Å². The number of carbonyl (C=O) groups excluding carboxylic acids is 1. The van der Waals surface area contributed by atoms with Crippen LogP contribution in [0.2, 0.25) is 0 Å². The van der Waals surface area contributed by atoms with Crippen LogP contribution in [0.4, 0.5) is 0 Å². The Balaban J connectivity index is 1.42. The molecule has 128 valence electrons. The number of benzene rings is 2. The van der Waals surface area contributed by atoms with Gasteiger partial charge in [0.25, 0.3) is 0 Å². The van der Waals surface area contributed by atoms with Crippen LogP contribution in [0.3, 0.4) is 0 Å². The summed E-state index contributed by atoms with van der Waals surface area (Å²) in [5.41, 5.74) is 3.36. The molecule has 2 aromatic rings. The fraction of sp³-hybridized carbons (Fsp3) is 0.286. The summed E-state index contributed by atoms with van der Waals surface area (Å²) in [5.74, 6) is 0.989. The molecule has 1 saturated heterocycles. The lowest BCUT2D eigenvalue weighted by Crippen LogP contribution is -2.41. The third kappa shape index (κ3) is 3.59. The van der Waals surface area contributed by atoms with E-state index >= 15 is 0 Å². The molecule has 0 N–H and O–H groups in total. The minimum atomic E-state index is -0.0514. The Morgan fingerprint density at radius 3 is 2.88 bits per heavy atom. The largest absolute Gasteiger partial charge is 0.493 e. The van der Waals surface area contributed by atoms with Gasteiger partial charge in [-0.15, -0.1) is 0 Å². The van der Waals surface area contributed by atoms with E-state index < -0.39 is 0 Å². The van der Waals surface area contributed by atoms with E-state index in [9.17, 15) is 4.79 Å². The minimum Gasteiger partial charge on any atom is -0.493 e. The SMILES string of the molecule is O=C(/C=C/c1ccc2c(c1)CCO2)N1CCOC(c2ccccc2)C1. The number of amides is 1. The van der Waals surface area contributed by atoms with Gasteiger partial charge in [-0.25, -0.2) is 0 Å². The second-order valence-corrected chi connectivity index (χ2v) is 6.35. The number of morpholine rings is 1. The van der Waals surface area contributed by atoms with E-state index in [0.717, 1.165) is 29.9 Å². The maximum atomic E-state index is 12.5. The zero-order valence-electron chi connectivity index (χ0n) is 14.1. The molecule has 4 rings (SSSR count). The Morgan fingerprint density at radius 1 is 1.12 bits per heavy atom. The number of rotatable bonds is 3. The first-order valence-electron chi connectivity index (χ1n) is 8.69. The zero-order chi connectivity index (χ0) is 17.1. The van der Waals surface area contributed by atoms with Crippen LogP contribution in [0.5, 0.6) is 5.75 Å². The first-order chi connectivity index (χ1) is 12.3. The summed E-state index contributed by atoms with van der Waals surface area (Å²) < 4.78 is 11.3. The summed E-state index contributed by atoms with van der Waals surface area (Å²) in [5, 5.41) is 0. The molecule has 1 fully saturated rings. The Hall–Kier alpha value is -2.59. The third-order valence-corrected chi connectivity index (χ3v) is 4.68. The van der Waals surface area contributed by atoms with Gasteiger partial charge in [0.1, 0.15) is 11.9 Å². The van der Waals surface area contributed by atoms with Gasteiger partial charge in [0, 0.05) is 19.0 Å². The monoisotopic (exact) mass is 335 g/mol. The van der Waals surface area contributed by atoms with Gasteiger partial charge in [-0.3, -0.25) is 4.79 Å². The Kier molecular flexibility index (Phi) is 4.53. The predicted molar refractivity (Wildman–Crippen MR) is 96.4 cm³/mol. The van der Waals surface area contributed by atoms with Gasteiger partial charge in [-0.1, -0.05) is 36.4 Å².